The van der Waals surface area contributed by atoms with Gasteiger partial charge in [-0.15, -0.1) is 0 Å². The summed E-state index contributed by atoms with van der Waals surface area (Å²) in [5.74, 6) is -0.753. The first kappa shape index (κ1) is 27.9. The van der Waals surface area contributed by atoms with Crippen molar-refractivity contribution in [2.75, 3.05) is 17.4 Å². The predicted molar refractivity (Wildman–Crippen MR) is 147 cm³/mol. The molecule has 0 aliphatic carbocycles. The average Bonchev–Trinajstić information content (AvgIpc) is 2.88. The number of aryl methyl sites for hydroxylation is 2. The highest BCUT2D eigenvalue weighted by Crippen LogP contribution is 2.26. The lowest BCUT2D eigenvalue weighted by Crippen LogP contribution is -2.51. The van der Waals surface area contributed by atoms with Crippen molar-refractivity contribution in [2.45, 2.75) is 51.6 Å². The van der Waals surface area contributed by atoms with Crippen LogP contribution < -0.4 is 9.62 Å². The summed E-state index contributed by atoms with van der Waals surface area (Å²) < 4.78 is 28.7. The van der Waals surface area contributed by atoms with E-state index in [1.165, 1.54) is 17.0 Å². The van der Waals surface area contributed by atoms with Gasteiger partial charge in [-0.25, -0.2) is 8.42 Å². The summed E-state index contributed by atoms with van der Waals surface area (Å²) in [5.41, 5.74) is 3.00. The molecule has 1 N–H and O–H groups in total. The molecule has 0 spiro atoms. The summed E-state index contributed by atoms with van der Waals surface area (Å²) in [4.78, 5) is 28.2. The van der Waals surface area contributed by atoms with Gasteiger partial charge in [-0.2, -0.15) is 0 Å². The zero-order valence-electron chi connectivity index (χ0n) is 21.8. The van der Waals surface area contributed by atoms with E-state index in [0.29, 0.717) is 12.2 Å². The minimum absolute atomic E-state index is 0.0882. The maximum Gasteiger partial charge on any atom is 0.264 e. The van der Waals surface area contributed by atoms with Crippen LogP contribution in [0.5, 0.6) is 0 Å². The first-order valence-corrected chi connectivity index (χ1v) is 13.8. The Morgan fingerprint density at radius 3 is 2.03 bits per heavy atom. The number of nitrogens with one attached hydrogen (secondary N) is 1. The van der Waals surface area contributed by atoms with E-state index in [9.17, 15) is 18.0 Å². The van der Waals surface area contributed by atoms with Gasteiger partial charge in [-0.05, 0) is 68.1 Å². The molecule has 8 heteroatoms. The van der Waals surface area contributed by atoms with Crippen LogP contribution in [0, 0.1) is 13.8 Å². The Labute approximate surface area is 220 Å². The van der Waals surface area contributed by atoms with Crippen molar-refractivity contribution in [1.29, 1.82) is 0 Å². The van der Waals surface area contributed by atoms with Crippen LogP contribution in [0.3, 0.4) is 0 Å². The van der Waals surface area contributed by atoms with E-state index >= 15 is 0 Å². The molecule has 3 rings (SSSR count). The van der Waals surface area contributed by atoms with E-state index in [1.807, 2.05) is 57.2 Å². The second kappa shape index (κ2) is 12.5. The van der Waals surface area contributed by atoms with E-state index in [-0.39, 0.29) is 17.3 Å². The number of amides is 2. The molecule has 37 heavy (non-hydrogen) atoms. The van der Waals surface area contributed by atoms with E-state index in [1.54, 1.807) is 37.3 Å². The number of carbonyl (C=O) groups excluding carboxylic acids is 2. The smallest absolute Gasteiger partial charge is 0.264 e. The van der Waals surface area contributed by atoms with Crippen molar-refractivity contribution < 1.29 is 18.0 Å². The fourth-order valence-corrected chi connectivity index (χ4v) is 5.52. The predicted octanol–water partition coefficient (Wildman–Crippen LogP) is 4.44. The van der Waals surface area contributed by atoms with Crippen LogP contribution in [-0.4, -0.2) is 44.3 Å². The molecule has 0 aliphatic heterocycles. The maximum atomic E-state index is 13.8. The highest BCUT2D eigenvalue weighted by Gasteiger charge is 2.32. The maximum absolute atomic E-state index is 13.8. The summed E-state index contributed by atoms with van der Waals surface area (Å²) in [5, 5.41) is 2.84. The van der Waals surface area contributed by atoms with Crippen molar-refractivity contribution in [1.82, 2.24) is 10.2 Å². The van der Waals surface area contributed by atoms with Gasteiger partial charge in [0, 0.05) is 13.1 Å². The number of hydrogen-bond donors (Lipinski definition) is 1. The molecule has 0 saturated heterocycles. The lowest BCUT2D eigenvalue weighted by atomic mass is 10.1. The van der Waals surface area contributed by atoms with Gasteiger partial charge in [0.25, 0.3) is 10.0 Å². The molecule has 3 aromatic carbocycles. The highest BCUT2D eigenvalue weighted by molar-refractivity contribution is 7.92. The summed E-state index contributed by atoms with van der Waals surface area (Å²) in [6.45, 7) is 7.60. The lowest BCUT2D eigenvalue weighted by Gasteiger charge is -2.32. The van der Waals surface area contributed by atoms with Gasteiger partial charge in [0.1, 0.15) is 12.6 Å². The van der Waals surface area contributed by atoms with Gasteiger partial charge in [-0.1, -0.05) is 61.5 Å². The molecule has 1 atom stereocenters. The van der Waals surface area contributed by atoms with Crippen molar-refractivity contribution in [2.24, 2.45) is 0 Å². The van der Waals surface area contributed by atoms with Crippen LogP contribution in [0.25, 0.3) is 0 Å². The first-order valence-electron chi connectivity index (χ1n) is 12.4. The average molecular weight is 522 g/mol. The molecule has 0 aromatic heterocycles. The van der Waals surface area contributed by atoms with Crippen molar-refractivity contribution in [3.63, 3.8) is 0 Å². The zero-order valence-corrected chi connectivity index (χ0v) is 22.7. The third-order valence-electron chi connectivity index (χ3n) is 6.02. The number of benzene rings is 3. The van der Waals surface area contributed by atoms with E-state index in [4.69, 9.17) is 0 Å². The summed E-state index contributed by atoms with van der Waals surface area (Å²) in [7, 11) is -4.06. The topological polar surface area (TPSA) is 86.8 Å². The lowest BCUT2D eigenvalue weighted by molar-refractivity contribution is -0.139. The molecule has 0 saturated carbocycles. The Morgan fingerprint density at radius 1 is 0.892 bits per heavy atom. The molecule has 3 aromatic rings. The van der Waals surface area contributed by atoms with Gasteiger partial charge in [0.05, 0.1) is 10.6 Å². The fourth-order valence-electron chi connectivity index (χ4n) is 4.10. The van der Waals surface area contributed by atoms with E-state index in [2.05, 4.69) is 5.32 Å². The minimum atomic E-state index is -4.06. The second-order valence-electron chi connectivity index (χ2n) is 9.14. The molecule has 0 fully saturated rings. The van der Waals surface area contributed by atoms with Gasteiger partial charge < -0.3 is 10.2 Å². The normalized spacial score (nSPS) is 12.0. The Hall–Kier alpha value is -3.65. The third-order valence-corrected chi connectivity index (χ3v) is 7.80. The number of carbonyl (C=O) groups is 2. The van der Waals surface area contributed by atoms with Gasteiger partial charge in [0.2, 0.25) is 11.8 Å². The molecule has 0 bridgehead atoms. The van der Waals surface area contributed by atoms with Crippen molar-refractivity contribution in [3.8, 4) is 0 Å². The first-order chi connectivity index (χ1) is 17.6. The Balaban J connectivity index is 2.03. The largest absolute Gasteiger partial charge is 0.354 e. The number of sulfonamides is 1. The minimum Gasteiger partial charge on any atom is -0.354 e. The summed E-state index contributed by atoms with van der Waals surface area (Å²) in [6.07, 6.45) is 0.765. The SMILES string of the molecule is CCCNC(=O)[C@@H](C)N(Cc1ccccc1)C(=O)CN(c1cc(C)cc(C)c1)S(=O)(=O)c1ccccc1. The van der Waals surface area contributed by atoms with Gasteiger partial charge >= 0.3 is 0 Å². The molecule has 0 aliphatic rings. The summed E-state index contributed by atoms with van der Waals surface area (Å²) >= 11 is 0. The fraction of sp³-hybridized carbons (Fsp3) is 0.310. The Kier molecular flexibility index (Phi) is 9.47. The Bertz CT molecular complexity index is 1290. The molecule has 2 amide bonds. The highest BCUT2D eigenvalue weighted by atomic mass is 32.2. The number of rotatable bonds is 11. The van der Waals surface area contributed by atoms with E-state index < -0.39 is 28.5 Å². The van der Waals surface area contributed by atoms with Crippen LogP contribution in [-0.2, 0) is 26.2 Å². The van der Waals surface area contributed by atoms with Crippen LogP contribution in [0.2, 0.25) is 0 Å². The summed E-state index contributed by atoms with van der Waals surface area (Å²) in [6, 6.07) is 22.1. The van der Waals surface area contributed by atoms with Crippen LogP contribution >= 0.6 is 0 Å². The number of nitrogens with zero attached hydrogens (tertiary/aromatic N) is 2. The van der Waals surface area contributed by atoms with E-state index in [0.717, 1.165) is 27.4 Å². The molecule has 0 heterocycles. The van der Waals surface area contributed by atoms with Crippen LogP contribution in [0.15, 0.2) is 83.8 Å². The monoisotopic (exact) mass is 521 g/mol. The second-order valence-corrected chi connectivity index (χ2v) is 11.0. The zero-order chi connectivity index (χ0) is 27.0. The van der Waals surface area contributed by atoms with Gasteiger partial charge in [0.15, 0.2) is 0 Å². The molecule has 7 nitrogen and oxygen atoms in total. The van der Waals surface area contributed by atoms with Crippen LogP contribution in [0.4, 0.5) is 5.69 Å². The standard InChI is InChI=1S/C29H35N3O4S/c1-5-16-30-29(34)24(4)31(20-25-12-8-6-9-13-25)28(33)21-32(26-18-22(2)17-23(3)19-26)37(35,36)27-14-10-7-11-15-27/h6-15,17-19,24H,5,16,20-21H2,1-4H3,(H,30,34)/t24-/m1/s1. The quantitative estimate of drug-likeness (QED) is 0.404. The number of hydrogen-bond acceptors (Lipinski definition) is 4. The molecule has 196 valence electrons. The number of anilines is 1. The Morgan fingerprint density at radius 2 is 1.46 bits per heavy atom. The third kappa shape index (κ3) is 7.20. The van der Waals surface area contributed by atoms with Crippen molar-refractivity contribution >= 4 is 27.5 Å². The van der Waals surface area contributed by atoms with Crippen molar-refractivity contribution in [3.05, 3.63) is 95.6 Å². The molecular weight excluding hydrogens is 486 g/mol. The molecular formula is C29H35N3O4S. The molecule has 0 unspecified atom stereocenters. The molecule has 0 radical (unpaired) electrons. The van der Waals surface area contributed by atoms with Crippen LogP contribution in [0.1, 0.15) is 37.0 Å². The van der Waals surface area contributed by atoms with Gasteiger partial charge in [-0.3, -0.25) is 13.9 Å².